The highest BCUT2D eigenvalue weighted by Gasteiger charge is 2.16. The zero-order valence-corrected chi connectivity index (χ0v) is 9.44. The first-order valence-corrected chi connectivity index (χ1v) is 6.04. The lowest BCUT2D eigenvalue weighted by Crippen LogP contribution is -2.08. The van der Waals surface area contributed by atoms with Crippen LogP contribution in [0.25, 0.3) is 0 Å². The maximum atomic E-state index is 10.7. The van der Waals surface area contributed by atoms with E-state index in [0.717, 1.165) is 25.2 Å². The highest BCUT2D eigenvalue weighted by Crippen LogP contribution is 2.21. The lowest BCUT2D eigenvalue weighted by atomic mass is 10.3. The fraction of sp³-hybridized carbons (Fsp3) is 0.500. The van der Waals surface area contributed by atoms with Gasteiger partial charge < -0.3 is 9.84 Å². The highest BCUT2D eigenvalue weighted by atomic mass is 32.2. The number of ether oxygens (including phenoxy) is 1. The van der Waals surface area contributed by atoms with Crippen LogP contribution >= 0.6 is 11.8 Å². The molecule has 1 aromatic heterocycles. The van der Waals surface area contributed by atoms with Crippen molar-refractivity contribution < 1.29 is 14.6 Å². The third-order valence-corrected chi connectivity index (χ3v) is 3.30. The smallest absolute Gasteiger partial charge is 0.356 e. The molecule has 0 bridgehead atoms. The van der Waals surface area contributed by atoms with E-state index in [2.05, 4.69) is 9.97 Å². The van der Waals surface area contributed by atoms with Gasteiger partial charge in [0.1, 0.15) is 5.03 Å². The molecule has 1 aliphatic heterocycles. The summed E-state index contributed by atoms with van der Waals surface area (Å²) in [5, 5.41) is 9.39. The maximum absolute atomic E-state index is 10.7. The Hall–Kier alpha value is -1.14. The Kier molecular flexibility index (Phi) is 3.74. The molecule has 1 aliphatic rings. The van der Waals surface area contributed by atoms with Gasteiger partial charge in [0.15, 0.2) is 5.69 Å². The van der Waals surface area contributed by atoms with E-state index in [1.54, 1.807) is 6.20 Å². The average Bonchev–Trinajstić information content (AvgIpc) is 2.79. The Bertz CT molecular complexity index is 380. The molecule has 6 heteroatoms. The first kappa shape index (κ1) is 11.3. The molecule has 0 saturated carbocycles. The summed E-state index contributed by atoms with van der Waals surface area (Å²) in [5.41, 5.74) is -0.0164. The van der Waals surface area contributed by atoms with Crippen LogP contribution in [0.3, 0.4) is 0 Å². The molecule has 1 N–H and O–H groups in total. The fourth-order valence-electron chi connectivity index (χ4n) is 1.47. The topological polar surface area (TPSA) is 72.3 Å². The largest absolute Gasteiger partial charge is 0.476 e. The van der Waals surface area contributed by atoms with Crippen LogP contribution in [0.2, 0.25) is 0 Å². The number of hydrogen-bond acceptors (Lipinski definition) is 5. The minimum atomic E-state index is -1.05. The van der Waals surface area contributed by atoms with Gasteiger partial charge in [0.05, 0.1) is 18.5 Å². The van der Waals surface area contributed by atoms with Crippen LogP contribution in [-0.2, 0) is 4.74 Å². The quantitative estimate of drug-likeness (QED) is 0.803. The highest BCUT2D eigenvalue weighted by molar-refractivity contribution is 7.99. The summed E-state index contributed by atoms with van der Waals surface area (Å²) < 4.78 is 5.47. The molecule has 0 aromatic carbocycles. The van der Waals surface area contributed by atoms with Crippen molar-refractivity contribution in [3.63, 3.8) is 0 Å². The van der Waals surface area contributed by atoms with E-state index in [4.69, 9.17) is 9.84 Å². The molecule has 1 atom stereocenters. The fourth-order valence-corrected chi connectivity index (χ4v) is 2.39. The predicted molar refractivity (Wildman–Crippen MR) is 58.7 cm³/mol. The molecule has 0 radical (unpaired) electrons. The first-order chi connectivity index (χ1) is 7.75. The minimum Gasteiger partial charge on any atom is -0.476 e. The molecule has 0 amide bonds. The van der Waals surface area contributed by atoms with Crippen molar-refractivity contribution in [3.8, 4) is 0 Å². The second kappa shape index (κ2) is 5.27. The van der Waals surface area contributed by atoms with Crippen molar-refractivity contribution in [1.82, 2.24) is 9.97 Å². The zero-order chi connectivity index (χ0) is 11.4. The molecule has 1 fully saturated rings. The Labute approximate surface area is 97.2 Å². The molecule has 2 rings (SSSR count). The maximum Gasteiger partial charge on any atom is 0.356 e. The lowest BCUT2D eigenvalue weighted by molar-refractivity contribution is 0.0689. The summed E-state index contributed by atoms with van der Waals surface area (Å²) in [6, 6.07) is 0. The molecular formula is C10H12N2O3S. The number of carboxylic acids is 1. The van der Waals surface area contributed by atoms with Crippen molar-refractivity contribution in [1.29, 1.82) is 0 Å². The normalized spacial score (nSPS) is 19.9. The average molecular weight is 240 g/mol. The standard InChI is InChI=1S/C10H12N2O3S/c13-10(14)8-4-11-5-9(12-8)16-6-7-2-1-3-15-7/h4-5,7H,1-3,6H2,(H,13,14). The van der Waals surface area contributed by atoms with Crippen LogP contribution in [0.1, 0.15) is 23.3 Å². The van der Waals surface area contributed by atoms with Gasteiger partial charge in [0, 0.05) is 12.4 Å². The minimum absolute atomic E-state index is 0.0164. The molecule has 1 unspecified atom stereocenters. The summed E-state index contributed by atoms with van der Waals surface area (Å²) in [7, 11) is 0. The molecule has 16 heavy (non-hydrogen) atoms. The van der Waals surface area contributed by atoms with Gasteiger partial charge in [0.2, 0.25) is 0 Å². The summed E-state index contributed by atoms with van der Waals surface area (Å²) in [6.45, 7) is 0.825. The van der Waals surface area contributed by atoms with Crippen molar-refractivity contribution >= 4 is 17.7 Å². The van der Waals surface area contributed by atoms with E-state index >= 15 is 0 Å². The van der Waals surface area contributed by atoms with Gasteiger partial charge in [-0.05, 0) is 12.8 Å². The van der Waals surface area contributed by atoms with Crippen LogP contribution in [0.15, 0.2) is 17.4 Å². The monoisotopic (exact) mass is 240 g/mol. The van der Waals surface area contributed by atoms with E-state index in [0.29, 0.717) is 5.03 Å². The predicted octanol–water partition coefficient (Wildman–Crippen LogP) is 1.45. The van der Waals surface area contributed by atoms with Crippen LogP contribution in [0.5, 0.6) is 0 Å². The third-order valence-electron chi connectivity index (χ3n) is 2.27. The number of nitrogens with zero attached hydrogens (tertiary/aromatic N) is 2. The van der Waals surface area contributed by atoms with E-state index < -0.39 is 5.97 Å². The molecule has 86 valence electrons. The van der Waals surface area contributed by atoms with Crippen LogP contribution < -0.4 is 0 Å². The Balaban J connectivity index is 1.93. The van der Waals surface area contributed by atoms with E-state index in [1.165, 1.54) is 18.0 Å². The van der Waals surface area contributed by atoms with Gasteiger partial charge in [-0.1, -0.05) is 0 Å². The molecule has 0 spiro atoms. The van der Waals surface area contributed by atoms with Gasteiger partial charge in [-0.3, -0.25) is 4.98 Å². The number of aromatic nitrogens is 2. The molecular weight excluding hydrogens is 228 g/mol. The van der Waals surface area contributed by atoms with Gasteiger partial charge >= 0.3 is 5.97 Å². The summed E-state index contributed by atoms with van der Waals surface area (Å²) >= 11 is 1.49. The van der Waals surface area contributed by atoms with Crippen molar-refractivity contribution in [2.45, 2.75) is 24.0 Å². The number of aromatic carboxylic acids is 1. The third kappa shape index (κ3) is 2.93. The second-order valence-electron chi connectivity index (χ2n) is 3.49. The van der Waals surface area contributed by atoms with Crippen LogP contribution in [0, 0.1) is 0 Å². The van der Waals surface area contributed by atoms with E-state index in [9.17, 15) is 4.79 Å². The number of carbonyl (C=O) groups is 1. The molecule has 1 saturated heterocycles. The molecule has 1 aromatic rings. The van der Waals surface area contributed by atoms with Crippen molar-refractivity contribution in [2.75, 3.05) is 12.4 Å². The number of thioether (sulfide) groups is 1. The van der Waals surface area contributed by atoms with Gasteiger partial charge in [-0.15, -0.1) is 11.8 Å². The van der Waals surface area contributed by atoms with Crippen LogP contribution in [0.4, 0.5) is 0 Å². The SMILES string of the molecule is O=C(O)c1cncc(SCC2CCCO2)n1. The Morgan fingerprint density at radius 3 is 3.19 bits per heavy atom. The molecule has 5 nitrogen and oxygen atoms in total. The Morgan fingerprint density at radius 1 is 1.62 bits per heavy atom. The van der Waals surface area contributed by atoms with Gasteiger partial charge in [-0.2, -0.15) is 0 Å². The Morgan fingerprint density at radius 2 is 2.50 bits per heavy atom. The van der Waals surface area contributed by atoms with Crippen molar-refractivity contribution in [2.24, 2.45) is 0 Å². The number of carboxylic acid groups (broad SMARTS) is 1. The molecule has 2 heterocycles. The lowest BCUT2D eigenvalue weighted by Gasteiger charge is -2.07. The van der Waals surface area contributed by atoms with Gasteiger partial charge in [0.25, 0.3) is 0 Å². The summed E-state index contributed by atoms with van der Waals surface area (Å²) in [5.74, 6) is -0.246. The summed E-state index contributed by atoms with van der Waals surface area (Å²) in [6.07, 6.45) is 5.26. The summed E-state index contributed by atoms with van der Waals surface area (Å²) in [4.78, 5) is 18.5. The first-order valence-electron chi connectivity index (χ1n) is 5.05. The van der Waals surface area contributed by atoms with E-state index in [-0.39, 0.29) is 11.8 Å². The number of hydrogen-bond donors (Lipinski definition) is 1. The van der Waals surface area contributed by atoms with E-state index in [1.807, 2.05) is 0 Å². The zero-order valence-electron chi connectivity index (χ0n) is 8.63. The van der Waals surface area contributed by atoms with Crippen molar-refractivity contribution in [3.05, 3.63) is 18.1 Å². The number of rotatable bonds is 4. The molecule has 0 aliphatic carbocycles. The second-order valence-corrected chi connectivity index (χ2v) is 4.53. The van der Waals surface area contributed by atoms with Gasteiger partial charge in [-0.25, -0.2) is 9.78 Å². The van der Waals surface area contributed by atoms with Crippen LogP contribution in [-0.4, -0.2) is 39.5 Å².